The Labute approximate surface area is 156 Å². The largest absolute Gasteiger partial charge is 0.329 e. The summed E-state index contributed by atoms with van der Waals surface area (Å²) >= 11 is 0. The highest BCUT2D eigenvalue weighted by Gasteiger charge is 2.32. The van der Waals surface area contributed by atoms with Crippen LogP contribution in [0.4, 0.5) is 11.6 Å². The van der Waals surface area contributed by atoms with Gasteiger partial charge in [0.25, 0.3) is 5.91 Å². The average molecular weight is 361 g/mol. The molecule has 1 amide bonds. The molecule has 1 fully saturated rings. The summed E-state index contributed by atoms with van der Waals surface area (Å²) < 4.78 is 0. The fourth-order valence-corrected chi connectivity index (χ4v) is 3.27. The van der Waals surface area contributed by atoms with Gasteiger partial charge in [-0.15, -0.1) is 0 Å². The number of rotatable bonds is 4. The van der Waals surface area contributed by atoms with Crippen LogP contribution in [0.25, 0.3) is 0 Å². The second-order valence-corrected chi connectivity index (χ2v) is 6.31. The Morgan fingerprint density at radius 3 is 2.85 bits per heavy atom. The maximum absolute atomic E-state index is 12.8. The van der Waals surface area contributed by atoms with Crippen LogP contribution in [-0.2, 0) is 0 Å². The maximum Gasteiger partial charge on any atom is 0.274 e. The van der Waals surface area contributed by atoms with Gasteiger partial charge in [-0.05, 0) is 31.9 Å². The number of pyridine rings is 1. The number of nitrogens with zero attached hydrogens (tertiary/aromatic N) is 6. The molecule has 1 N–H and O–H groups in total. The summed E-state index contributed by atoms with van der Waals surface area (Å²) in [5.74, 6) is 1.89. The molecule has 136 valence electrons. The summed E-state index contributed by atoms with van der Waals surface area (Å²) in [6, 6.07) is 7.41. The summed E-state index contributed by atoms with van der Waals surface area (Å²) in [4.78, 5) is 36.1. The highest BCUT2D eigenvalue weighted by Crippen LogP contribution is 2.33. The lowest BCUT2D eigenvalue weighted by molar-refractivity contribution is 0.0726. The molecule has 1 saturated heterocycles. The molecule has 0 spiro atoms. The van der Waals surface area contributed by atoms with Gasteiger partial charge in [-0.1, -0.05) is 6.07 Å². The summed E-state index contributed by atoms with van der Waals surface area (Å²) in [6.45, 7) is 2.52. The first-order chi connectivity index (χ1) is 13.2. The van der Waals surface area contributed by atoms with Crippen molar-refractivity contribution in [1.29, 1.82) is 0 Å². The van der Waals surface area contributed by atoms with E-state index in [0.717, 1.165) is 18.5 Å². The summed E-state index contributed by atoms with van der Waals surface area (Å²) in [6.07, 6.45) is 8.07. The second-order valence-electron chi connectivity index (χ2n) is 6.31. The molecular formula is C19H19N7O. The van der Waals surface area contributed by atoms with E-state index >= 15 is 0 Å². The van der Waals surface area contributed by atoms with E-state index < -0.39 is 0 Å². The average Bonchev–Trinajstić information content (AvgIpc) is 3.18. The smallest absolute Gasteiger partial charge is 0.274 e. The lowest BCUT2D eigenvalue weighted by Crippen LogP contribution is -2.31. The standard InChI is InChI=1S/C19H19N7O/c1-13-23-14(11-18(24-13)25-17-6-2-3-7-22-17)16-5-4-10-26(16)19(27)15-12-20-8-9-21-15/h2-3,6-9,11-12,16H,4-5,10H2,1H3,(H,22,23,24,25). The van der Waals surface area contributed by atoms with Crippen molar-refractivity contribution >= 4 is 17.5 Å². The molecule has 1 unspecified atom stereocenters. The highest BCUT2D eigenvalue weighted by molar-refractivity contribution is 5.92. The van der Waals surface area contributed by atoms with Crippen LogP contribution in [-0.4, -0.2) is 42.3 Å². The van der Waals surface area contributed by atoms with Gasteiger partial charge in [0.15, 0.2) is 0 Å². The van der Waals surface area contributed by atoms with Gasteiger partial charge in [0.05, 0.1) is 17.9 Å². The zero-order valence-electron chi connectivity index (χ0n) is 14.9. The van der Waals surface area contributed by atoms with Crippen molar-refractivity contribution in [1.82, 2.24) is 29.8 Å². The minimum Gasteiger partial charge on any atom is -0.329 e. The van der Waals surface area contributed by atoms with E-state index in [9.17, 15) is 4.79 Å². The van der Waals surface area contributed by atoms with Crippen LogP contribution in [0.2, 0.25) is 0 Å². The minimum absolute atomic E-state index is 0.106. The monoisotopic (exact) mass is 361 g/mol. The number of hydrogen-bond acceptors (Lipinski definition) is 7. The molecular weight excluding hydrogens is 342 g/mol. The number of nitrogens with one attached hydrogen (secondary N) is 1. The number of amides is 1. The number of aryl methyl sites for hydroxylation is 1. The van der Waals surface area contributed by atoms with E-state index in [1.807, 2.05) is 36.1 Å². The van der Waals surface area contributed by atoms with Crippen molar-refractivity contribution in [3.63, 3.8) is 0 Å². The Hall–Kier alpha value is -3.42. The first kappa shape index (κ1) is 17.0. The molecule has 0 radical (unpaired) electrons. The van der Waals surface area contributed by atoms with Gasteiger partial charge in [-0.25, -0.2) is 19.9 Å². The van der Waals surface area contributed by atoms with Gasteiger partial charge in [-0.3, -0.25) is 9.78 Å². The second kappa shape index (κ2) is 7.45. The van der Waals surface area contributed by atoms with E-state index in [1.54, 1.807) is 12.4 Å². The Bertz CT molecular complexity index is 933. The fourth-order valence-electron chi connectivity index (χ4n) is 3.27. The van der Waals surface area contributed by atoms with Gasteiger partial charge in [0, 0.05) is 31.2 Å². The van der Waals surface area contributed by atoms with Crippen molar-refractivity contribution in [3.8, 4) is 0 Å². The Kier molecular flexibility index (Phi) is 4.69. The lowest BCUT2D eigenvalue weighted by atomic mass is 10.1. The number of hydrogen-bond donors (Lipinski definition) is 1. The normalized spacial score (nSPS) is 16.3. The van der Waals surface area contributed by atoms with Gasteiger partial charge in [0.1, 0.15) is 23.2 Å². The summed E-state index contributed by atoms with van der Waals surface area (Å²) in [5.41, 5.74) is 1.16. The number of anilines is 2. The first-order valence-electron chi connectivity index (χ1n) is 8.81. The van der Waals surface area contributed by atoms with Gasteiger partial charge in [-0.2, -0.15) is 0 Å². The molecule has 8 nitrogen and oxygen atoms in total. The minimum atomic E-state index is -0.124. The predicted molar refractivity (Wildman–Crippen MR) is 99.3 cm³/mol. The van der Waals surface area contributed by atoms with Crippen molar-refractivity contribution in [2.75, 3.05) is 11.9 Å². The Morgan fingerprint density at radius 2 is 2.07 bits per heavy atom. The van der Waals surface area contributed by atoms with E-state index in [-0.39, 0.29) is 11.9 Å². The quantitative estimate of drug-likeness (QED) is 0.763. The molecule has 27 heavy (non-hydrogen) atoms. The SMILES string of the molecule is Cc1nc(Nc2ccccn2)cc(C2CCCN2C(=O)c2cnccn2)n1. The van der Waals surface area contributed by atoms with Crippen molar-refractivity contribution in [3.05, 3.63) is 66.3 Å². The van der Waals surface area contributed by atoms with Crippen molar-refractivity contribution < 1.29 is 4.79 Å². The van der Waals surface area contributed by atoms with Gasteiger partial charge < -0.3 is 10.2 Å². The fraction of sp³-hybridized carbons (Fsp3) is 0.263. The van der Waals surface area contributed by atoms with Crippen LogP contribution >= 0.6 is 0 Å². The first-order valence-corrected chi connectivity index (χ1v) is 8.81. The zero-order chi connectivity index (χ0) is 18.6. The molecule has 0 saturated carbocycles. The third-order valence-electron chi connectivity index (χ3n) is 4.42. The highest BCUT2D eigenvalue weighted by atomic mass is 16.2. The van der Waals surface area contributed by atoms with Gasteiger partial charge in [0.2, 0.25) is 0 Å². The number of carbonyl (C=O) groups excluding carboxylic acids is 1. The third-order valence-corrected chi connectivity index (χ3v) is 4.42. The molecule has 4 rings (SSSR count). The molecule has 8 heteroatoms. The summed E-state index contributed by atoms with van der Waals surface area (Å²) in [7, 11) is 0. The number of aromatic nitrogens is 5. The molecule has 1 aliphatic heterocycles. The van der Waals surface area contributed by atoms with Crippen LogP contribution in [0, 0.1) is 6.92 Å². The molecule has 0 aliphatic carbocycles. The number of carbonyl (C=O) groups is 1. The molecule has 4 heterocycles. The summed E-state index contributed by atoms with van der Waals surface area (Å²) in [5, 5.41) is 3.20. The molecule has 1 atom stereocenters. The molecule has 0 aromatic carbocycles. The Morgan fingerprint density at radius 1 is 1.15 bits per heavy atom. The molecule has 0 bridgehead atoms. The topological polar surface area (TPSA) is 96.8 Å². The molecule has 1 aliphatic rings. The maximum atomic E-state index is 12.8. The predicted octanol–water partition coefficient (Wildman–Crippen LogP) is 2.69. The van der Waals surface area contributed by atoms with Crippen LogP contribution in [0.1, 0.15) is 40.9 Å². The van der Waals surface area contributed by atoms with Crippen LogP contribution in [0.15, 0.2) is 49.1 Å². The van der Waals surface area contributed by atoms with E-state index in [4.69, 9.17) is 0 Å². The van der Waals surface area contributed by atoms with E-state index in [1.165, 1.54) is 12.4 Å². The van der Waals surface area contributed by atoms with Crippen molar-refractivity contribution in [2.24, 2.45) is 0 Å². The molecule has 3 aromatic rings. The Balaban J connectivity index is 1.61. The van der Waals surface area contributed by atoms with Crippen LogP contribution in [0.3, 0.4) is 0 Å². The third kappa shape index (κ3) is 3.74. The van der Waals surface area contributed by atoms with Crippen molar-refractivity contribution in [2.45, 2.75) is 25.8 Å². The number of likely N-dealkylation sites (tertiary alicyclic amines) is 1. The van der Waals surface area contributed by atoms with E-state index in [0.29, 0.717) is 29.7 Å². The van der Waals surface area contributed by atoms with Crippen LogP contribution in [0.5, 0.6) is 0 Å². The molecule has 3 aromatic heterocycles. The zero-order valence-corrected chi connectivity index (χ0v) is 14.9. The van der Waals surface area contributed by atoms with Gasteiger partial charge >= 0.3 is 0 Å². The van der Waals surface area contributed by atoms with Crippen LogP contribution < -0.4 is 5.32 Å². The lowest BCUT2D eigenvalue weighted by Gasteiger charge is -2.24. The van der Waals surface area contributed by atoms with E-state index in [2.05, 4.69) is 30.2 Å².